The molecule has 1 rings (SSSR count). The van der Waals surface area contributed by atoms with E-state index in [0.29, 0.717) is 5.95 Å². The third-order valence-corrected chi connectivity index (χ3v) is 1.74. The van der Waals surface area contributed by atoms with Crippen molar-refractivity contribution < 1.29 is 9.15 Å². The summed E-state index contributed by atoms with van der Waals surface area (Å²) in [6.45, 7) is 2.97. The zero-order valence-electron chi connectivity index (χ0n) is 7.58. The topological polar surface area (TPSA) is 22.4 Å². The first-order chi connectivity index (χ1) is 5.93. The van der Waals surface area contributed by atoms with Crippen molar-refractivity contribution in [1.29, 1.82) is 0 Å². The lowest BCUT2D eigenvalue weighted by atomic mass is 10.2. The van der Waals surface area contributed by atoms with Gasteiger partial charge in [0.15, 0.2) is 0 Å². The van der Waals surface area contributed by atoms with Crippen molar-refractivity contribution >= 4 is 0 Å². The minimum atomic E-state index is 0.631. The van der Waals surface area contributed by atoms with E-state index in [9.17, 15) is 0 Å². The highest BCUT2D eigenvalue weighted by molar-refractivity contribution is 5.03. The number of unbranched alkanes of at least 4 members (excludes halogenated alkanes) is 3. The summed E-state index contributed by atoms with van der Waals surface area (Å²) in [7, 11) is 0. The maximum atomic E-state index is 5.33. The molecule has 1 heterocycles. The number of hydrogen-bond donors (Lipinski definition) is 0. The molecule has 0 N–H and O–H groups in total. The van der Waals surface area contributed by atoms with Crippen molar-refractivity contribution in [1.82, 2.24) is 0 Å². The first kappa shape index (κ1) is 9.17. The van der Waals surface area contributed by atoms with Gasteiger partial charge in [-0.3, -0.25) is 0 Å². The van der Waals surface area contributed by atoms with Gasteiger partial charge in [-0.1, -0.05) is 26.2 Å². The van der Waals surface area contributed by atoms with Crippen molar-refractivity contribution in [3.8, 4) is 5.95 Å². The molecule has 0 aromatic carbocycles. The van der Waals surface area contributed by atoms with E-state index < -0.39 is 0 Å². The Bertz CT molecular complexity index is 180. The standard InChI is InChI=1S/C10H16O2/c1-2-3-4-5-8-11-10-7-6-9-12-10/h6-7,9H,2-5,8H2,1H3. The van der Waals surface area contributed by atoms with Gasteiger partial charge in [-0.2, -0.15) is 0 Å². The van der Waals surface area contributed by atoms with Crippen LogP contribution in [0.3, 0.4) is 0 Å². The smallest absolute Gasteiger partial charge is 0.284 e. The summed E-state index contributed by atoms with van der Waals surface area (Å²) in [5.41, 5.74) is 0. The molecule has 1 aromatic heterocycles. The van der Waals surface area contributed by atoms with Gasteiger partial charge in [0.2, 0.25) is 0 Å². The summed E-state index contributed by atoms with van der Waals surface area (Å²) in [5.74, 6) is 0.631. The second kappa shape index (κ2) is 5.70. The van der Waals surface area contributed by atoms with Gasteiger partial charge in [0.25, 0.3) is 5.95 Å². The fourth-order valence-electron chi connectivity index (χ4n) is 1.05. The monoisotopic (exact) mass is 168 g/mol. The number of furan rings is 1. The molecular formula is C10H16O2. The van der Waals surface area contributed by atoms with E-state index in [0.717, 1.165) is 13.0 Å². The van der Waals surface area contributed by atoms with E-state index in [1.54, 1.807) is 6.26 Å². The first-order valence-corrected chi connectivity index (χ1v) is 4.60. The van der Waals surface area contributed by atoms with Crippen LogP contribution in [0.5, 0.6) is 5.95 Å². The molecule has 0 aliphatic rings. The van der Waals surface area contributed by atoms with Crippen molar-refractivity contribution in [3.63, 3.8) is 0 Å². The van der Waals surface area contributed by atoms with Crippen molar-refractivity contribution in [2.24, 2.45) is 0 Å². The van der Waals surface area contributed by atoms with E-state index in [2.05, 4.69) is 6.92 Å². The van der Waals surface area contributed by atoms with Crippen molar-refractivity contribution in [3.05, 3.63) is 18.4 Å². The fraction of sp³-hybridized carbons (Fsp3) is 0.600. The van der Waals surface area contributed by atoms with Crippen LogP contribution >= 0.6 is 0 Å². The molecule has 0 amide bonds. The fourth-order valence-corrected chi connectivity index (χ4v) is 1.05. The molecule has 0 aliphatic carbocycles. The van der Waals surface area contributed by atoms with Gasteiger partial charge < -0.3 is 9.15 Å². The second-order valence-corrected chi connectivity index (χ2v) is 2.84. The van der Waals surface area contributed by atoms with E-state index in [1.807, 2.05) is 12.1 Å². The molecule has 2 nitrogen and oxygen atoms in total. The van der Waals surface area contributed by atoms with Crippen LogP contribution in [0.1, 0.15) is 32.6 Å². The molecule has 0 spiro atoms. The summed E-state index contributed by atoms with van der Waals surface area (Å²) in [5, 5.41) is 0. The van der Waals surface area contributed by atoms with Crippen LogP contribution in [-0.2, 0) is 0 Å². The minimum Gasteiger partial charge on any atom is -0.465 e. The van der Waals surface area contributed by atoms with Gasteiger partial charge in [-0.15, -0.1) is 0 Å². The second-order valence-electron chi connectivity index (χ2n) is 2.84. The van der Waals surface area contributed by atoms with Crippen molar-refractivity contribution in [2.75, 3.05) is 6.61 Å². The zero-order chi connectivity index (χ0) is 8.65. The Kier molecular flexibility index (Phi) is 4.35. The van der Waals surface area contributed by atoms with E-state index in [-0.39, 0.29) is 0 Å². The van der Waals surface area contributed by atoms with E-state index >= 15 is 0 Å². The van der Waals surface area contributed by atoms with Crippen LogP contribution in [0, 0.1) is 0 Å². The highest BCUT2D eigenvalue weighted by Gasteiger charge is 1.94. The summed E-state index contributed by atoms with van der Waals surface area (Å²) in [6, 6.07) is 3.67. The maximum absolute atomic E-state index is 5.33. The molecule has 0 unspecified atom stereocenters. The van der Waals surface area contributed by atoms with Gasteiger partial charge >= 0.3 is 0 Å². The lowest BCUT2D eigenvalue weighted by Gasteiger charge is -2.00. The SMILES string of the molecule is CCCCCCOc1ccco1. The number of rotatable bonds is 6. The highest BCUT2D eigenvalue weighted by Crippen LogP contribution is 2.10. The highest BCUT2D eigenvalue weighted by atomic mass is 16.6. The minimum absolute atomic E-state index is 0.631. The number of hydrogen-bond acceptors (Lipinski definition) is 2. The molecule has 0 bridgehead atoms. The van der Waals surface area contributed by atoms with Crippen molar-refractivity contribution in [2.45, 2.75) is 32.6 Å². The average Bonchev–Trinajstić information content (AvgIpc) is 2.57. The molecule has 2 heteroatoms. The largest absolute Gasteiger partial charge is 0.465 e. The van der Waals surface area contributed by atoms with Crippen LogP contribution < -0.4 is 4.74 Å². The molecule has 0 fully saturated rings. The molecule has 0 saturated heterocycles. The predicted octanol–water partition coefficient (Wildman–Crippen LogP) is 3.24. The van der Waals surface area contributed by atoms with E-state index in [4.69, 9.17) is 9.15 Å². The molecule has 0 saturated carbocycles. The summed E-state index contributed by atoms with van der Waals surface area (Å²) < 4.78 is 10.3. The molecule has 0 radical (unpaired) electrons. The molecule has 0 atom stereocenters. The summed E-state index contributed by atoms with van der Waals surface area (Å²) >= 11 is 0. The van der Waals surface area contributed by atoms with Gasteiger partial charge in [-0.25, -0.2) is 0 Å². The quantitative estimate of drug-likeness (QED) is 0.608. The molecule has 68 valence electrons. The molecule has 12 heavy (non-hydrogen) atoms. The molecular weight excluding hydrogens is 152 g/mol. The third-order valence-electron chi connectivity index (χ3n) is 1.74. The molecule has 1 aromatic rings. The van der Waals surface area contributed by atoms with Crippen LogP contribution in [-0.4, -0.2) is 6.61 Å². The molecule has 0 aliphatic heterocycles. The van der Waals surface area contributed by atoms with Crippen LogP contribution in [0.2, 0.25) is 0 Å². The Labute approximate surface area is 73.5 Å². The Morgan fingerprint density at radius 2 is 2.25 bits per heavy atom. The van der Waals surface area contributed by atoms with Gasteiger partial charge in [0.1, 0.15) is 0 Å². The average molecular weight is 168 g/mol. The Morgan fingerprint density at radius 1 is 1.33 bits per heavy atom. The van der Waals surface area contributed by atoms with Crippen LogP contribution in [0.15, 0.2) is 22.8 Å². The Morgan fingerprint density at radius 3 is 2.92 bits per heavy atom. The zero-order valence-corrected chi connectivity index (χ0v) is 7.58. The third kappa shape index (κ3) is 3.46. The summed E-state index contributed by atoms with van der Waals surface area (Å²) in [4.78, 5) is 0. The van der Waals surface area contributed by atoms with Gasteiger partial charge in [-0.05, 0) is 12.5 Å². The summed E-state index contributed by atoms with van der Waals surface area (Å²) in [6.07, 6.45) is 6.55. The van der Waals surface area contributed by atoms with Crippen LogP contribution in [0.4, 0.5) is 0 Å². The maximum Gasteiger partial charge on any atom is 0.284 e. The van der Waals surface area contributed by atoms with E-state index in [1.165, 1.54) is 19.3 Å². The van der Waals surface area contributed by atoms with Gasteiger partial charge in [0, 0.05) is 6.07 Å². The Balaban J connectivity index is 1.96. The normalized spacial score (nSPS) is 10.1. The van der Waals surface area contributed by atoms with Gasteiger partial charge in [0.05, 0.1) is 12.9 Å². The number of ether oxygens (including phenoxy) is 1. The van der Waals surface area contributed by atoms with Crippen LogP contribution in [0.25, 0.3) is 0 Å². The lowest BCUT2D eigenvalue weighted by Crippen LogP contribution is -1.95. The Hall–Kier alpha value is -0.920. The lowest BCUT2D eigenvalue weighted by molar-refractivity contribution is 0.236. The first-order valence-electron chi connectivity index (χ1n) is 4.60. The predicted molar refractivity (Wildman–Crippen MR) is 48.3 cm³/mol.